The van der Waals surface area contributed by atoms with E-state index in [-0.39, 0.29) is 0 Å². The van der Waals surface area contributed by atoms with Crippen molar-refractivity contribution in [1.29, 1.82) is 0 Å². The third-order valence-corrected chi connectivity index (χ3v) is 4.24. The van der Waals surface area contributed by atoms with E-state index < -0.39 is 0 Å². The largest absolute Gasteiger partial charge is 0.388 e. The van der Waals surface area contributed by atoms with Gasteiger partial charge in [0, 0.05) is 29.4 Å². The maximum atomic E-state index is 4.92. The van der Waals surface area contributed by atoms with Gasteiger partial charge in [-0.25, -0.2) is 4.98 Å². The second-order valence-corrected chi connectivity index (χ2v) is 5.87. The highest BCUT2D eigenvalue weighted by atomic mass is 14.9. The highest BCUT2D eigenvalue weighted by Crippen LogP contribution is 2.33. The molecule has 122 valence electrons. The Morgan fingerprint density at radius 2 is 1.36 bits per heavy atom. The summed E-state index contributed by atoms with van der Waals surface area (Å²) >= 11 is 0. The Bertz CT molecular complexity index is 916. The van der Waals surface area contributed by atoms with Crippen LogP contribution in [0.2, 0.25) is 0 Å². The van der Waals surface area contributed by atoms with Gasteiger partial charge < -0.3 is 10.3 Å². The van der Waals surface area contributed by atoms with E-state index in [0.29, 0.717) is 0 Å². The van der Waals surface area contributed by atoms with Crippen LogP contribution in [0.25, 0.3) is 33.9 Å². The highest BCUT2D eigenvalue weighted by Gasteiger charge is 2.15. The summed E-state index contributed by atoms with van der Waals surface area (Å²) in [6, 6.07) is 28.9. The van der Waals surface area contributed by atoms with Gasteiger partial charge >= 0.3 is 0 Å². The van der Waals surface area contributed by atoms with E-state index in [1.54, 1.807) is 0 Å². The van der Waals surface area contributed by atoms with Crippen LogP contribution in [-0.2, 0) is 0 Å². The van der Waals surface area contributed by atoms with Crippen LogP contribution >= 0.6 is 0 Å². The van der Waals surface area contributed by atoms with Crippen LogP contribution in [0.5, 0.6) is 0 Å². The van der Waals surface area contributed by atoms with Crippen LogP contribution in [0.1, 0.15) is 0 Å². The van der Waals surface area contributed by atoms with Gasteiger partial charge in [0.1, 0.15) is 5.82 Å². The summed E-state index contributed by atoms with van der Waals surface area (Å²) in [6.45, 7) is 0. The van der Waals surface area contributed by atoms with E-state index in [2.05, 4.69) is 46.7 Å². The Labute approximate surface area is 147 Å². The standard InChI is InChI=1S/C22H19N3/c1-23-19-14-8-13-18(15-19)22-24-20(16-9-4-2-5-10-16)21(25-22)17-11-6-3-7-12-17/h2-15,23H,1H3,(H,24,25). The maximum absolute atomic E-state index is 4.92. The molecule has 3 heteroatoms. The predicted molar refractivity (Wildman–Crippen MR) is 104 cm³/mol. The van der Waals surface area contributed by atoms with Gasteiger partial charge in [0.25, 0.3) is 0 Å². The first-order valence-corrected chi connectivity index (χ1v) is 8.34. The van der Waals surface area contributed by atoms with Crippen molar-refractivity contribution in [2.24, 2.45) is 0 Å². The summed E-state index contributed by atoms with van der Waals surface area (Å²) < 4.78 is 0. The minimum Gasteiger partial charge on any atom is -0.388 e. The number of nitrogens with one attached hydrogen (secondary N) is 2. The predicted octanol–water partition coefficient (Wildman–Crippen LogP) is 5.45. The smallest absolute Gasteiger partial charge is 0.138 e. The van der Waals surface area contributed by atoms with Crippen molar-refractivity contribution < 1.29 is 0 Å². The molecule has 0 saturated carbocycles. The molecule has 0 aliphatic heterocycles. The average Bonchev–Trinajstić information content (AvgIpc) is 3.15. The molecule has 3 nitrogen and oxygen atoms in total. The van der Waals surface area contributed by atoms with Crippen LogP contribution in [0, 0.1) is 0 Å². The fraction of sp³-hybridized carbons (Fsp3) is 0.0455. The zero-order valence-corrected chi connectivity index (χ0v) is 14.0. The number of rotatable bonds is 4. The zero-order chi connectivity index (χ0) is 17.1. The Morgan fingerprint density at radius 3 is 2.04 bits per heavy atom. The van der Waals surface area contributed by atoms with Crippen molar-refractivity contribution in [1.82, 2.24) is 9.97 Å². The molecule has 0 unspecified atom stereocenters. The van der Waals surface area contributed by atoms with Gasteiger partial charge in [-0.3, -0.25) is 0 Å². The van der Waals surface area contributed by atoms with Crippen LogP contribution in [-0.4, -0.2) is 17.0 Å². The SMILES string of the molecule is CNc1cccc(-c2nc(-c3ccccc3)c(-c3ccccc3)[nH]2)c1. The highest BCUT2D eigenvalue weighted by molar-refractivity contribution is 5.81. The first-order chi connectivity index (χ1) is 12.3. The number of hydrogen-bond acceptors (Lipinski definition) is 2. The summed E-state index contributed by atoms with van der Waals surface area (Å²) in [6.07, 6.45) is 0. The molecule has 0 fully saturated rings. The lowest BCUT2D eigenvalue weighted by molar-refractivity contribution is 1.31. The van der Waals surface area contributed by atoms with Gasteiger partial charge in [-0.05, 0) is 12.1 Å². The number of hydrogen-bond donors (Lipinski definition) is 2. The second-order valence-electron chi connectivity index (χ2n) is 5.87. The van der Waals surface area contributed by atoms with Crippen LogP contribution < -0.4 is 5.32 Å². The van der Waals surface area contributed by atoms with Crippen LogP contribution in [0.4, 0.5) is 5.69 Å². The summed E-state index contributed by atoms with van der Waals surface area (Å²) in [5, 5.41) is 3.18. The number of nitrogens with zero attached hydrogens (tertiary/aromatic N) is 1. The monoisotopic (exact) mass is 325 g/mol. The molecule has 4 aromatic rings. The molecule has 1 heterocycles. The molecule has 0 spiro atoms. The molecule has 0 atom stereocenters. The van der Waals surface area contributed by atoms with E-state index in [0.717, 1.165) is 39.6 Å². The van der Waals surface area contributed by atoms with Gasteiger partial charge in [-0.1, -0.05) is 72.8 Å². The Kier molecular flexibility index (Phi) is 4.05. The lowest BCUT2D eigenvalue weighted by atomic mass is 10.1. The third kappa shape index (κ3) is 3.04. The van der Waals surface area contributed by atoms with Crippen LogP contribution in [0.3, 0.4) is 0 Å². The van der Waals surface area contributed by atoms with E-state index >= 15 is 0 Å². The lowest BCUT2D eigenvalue weighted by Gasteiger charge is -2.02. The third-order valence-electron chi connectivity index (χ3n) is 4.24. The van der Waals surface area contributed by atoms with E-state index in [1.165, 1.54) is 0 Å². The molecule has 2 N–H and O–H groups in total. The van der Waals surface area contributed by atoms with Gasteiger partial charge in [-0.2, -0.15) is 0 Å². The van der Waals surface area contributed by atoms with Crippen molar-refractivity contribution in [3.05, 3.63) is 84.9 Å². The molecule has 4 rings (SSSR count). The summed E-state index contributed by atoms with van der Waals surface area (Å²) in [5.41, 5.74) is 6.37. The van der Waals surface area contributed by atoms with Crippen molar-refractivity contribution in [2.75, 3.05) is 12.4 Å². The lowest BCUT2D eigenvalue weighted by Crippen LogP contribution is -1.88. The number of aromatic amines is 1. The van der Waals surface area contributed by atoms with Crippen molar-refractivity contribution in [3.8, 4) is 33.9 Å². The topological polar surface area (TPSA) is 40.7 Å². The van der Waals surface area contributed by atoms with Crippen molar-refractivity contribution >= 4 is 5.69 Å². The molecule has 0 saturated heterocycles. The van der Waals surface area contributed by atoms with E-state index in [9.17, 15) is 0 Å². The van der Waals surface area contributed by atoms with Gasteiger partial charge in [0.05, 0.1) is 11.4 Å². The molecular formula is C22H19N3. The average molecular weight is 325 g/mol. The van der Waals surface area contributed by atoms with Gasteiger partial charge in [0.15, 0.2) is 0 Å². The number of benzene rings is 3. The molecule has 0 bridgehead atoms. The molecule has 0 aliphatic rings. The normalized spacial score (nSPS) is 10.6. The quantitative estimate of drug-likeness (QED) is 0.523. The molecule has 3 aromatic carbocycles. The number of H-pyrrole nitrogens is 1. The first-order valence-electron chi connectivity index (χ1n) is 8.34. The van der Waals surface area contributed by atoms with E-state index in [1.807, 2.05) is 55.6 Å². The number of aromatic nitrogens is 2. The Hall–Kier alpha value is -3.33. The fourth-order valence-corrected chi connectivity index (χ4v) is 2.95. The Balaban J connectivity index is 1.89. The number of anilines is 1. The molecule has 25 heavy (non-hydrogen) atoms. The minimum absolute atomic E-state index is 0.870. The number of imidazole rings is 1. The molecule has 1 aromatic heterocycles. The summed E-state index contributed by atoms with van der Waals surface area (Å²) in [5.74, 6) is 0.870. The van der Waals surface area contributed by atoms with Crippen molar-refractivity contribution in [2.45, 2.75) is 0 Å². The first kappa shape index (κ1) is 15.2. The maximum Gasteiger partial charge on any atom is 0.138 e. The summed E-state index contributed by atoms with van der Waals surface area (Å²) in [4.78, 5) is 8.44. The van der Waals surface area contributed by atoms with Crippen molar-refractivity contribution in [3.63, 3.8) is 0 Å². The second kappa shape index (κ2) is 6.65. The van der Waals surface area contributed by atoms with Crippen LogP contribution in [0.15, 0.2) is 84.9 Å². The fourth-order valence-electron chi connectivity index (χ4n) is 2.95. The molecule has 0 amide bonds. The Morgan fingerprint density at radius 1 is 0.720 bits per heavy atom. The molecule has 0 radical (unpaired) electrons. The summed E-state index contributed by atoms with van der Waals surface area (Å²) in [7, 11) is 1.92. The zero-order valence-electron chi connectivity index (χ0n) is 14.0. The van der Waals surface area contributed by atoms with E-state index in [4.69, 9.17) is 4.98 Å². The van der Waals surface area contributed by atoms with Gasteiger partial charge in [-0.15, -0.1) is 0 Å². The molecule has 0 aliphatic carbocycles. The van der Waals surface area contributed by atoms with Gasteiger partial charge in [0.2, 0.25) is 0 Å². The molecular weight excluding hydrogens is 306 g/mol. The minimum atomic E-state index is 0.870.